The minimum atomic E-state index is -1.12. The molecule has 3 aromatic rings. The van der Waals surface area contributed by atoms with Crippen LogP contribution >= 0.6 is 37.2 Å². The molecule has 0 bridgehead atoms. The number of anilines is 2. The van der Waals surface area contributed by atoms with Crippen LogP contribution in [0.4, 0.5) is 11.4 Å². The molecule has 3 heterocycles. The standard InChI is InChI=1S/C31H39N5O3.3ClH/c1-5-35-27-13-11-25(21-28(27)36(6-2)30(38)31(3,4)29(35)37)39-20-8-17-34-26(24-14-18-32-19-15-24)12-10-23-9-7-16-33-22-23;;;/h7,9,11,13-16,18-19,21-22,26,34H,5-6,8,10,12,17,20H2,1-4H3;3*1H. The van der Waals surface area contributed by atoms with E-state index in [1.54, 1.807) is 29.8 Å². The van der Waals surface area contributed by atoms with Crippen molar-refractivity contribution in [3.05, 3.63) is 78.4 Å². The number of pyridine rings is 2. The topological polar surface area (TPSA) is 87.7 Å². The van der Waals surface area contributed by atoms with Crippen molar-refractivity contribution < 1.29 is 14.3 Å². The molecule has 0 saturated carbocycles. The third kappa shape index (κ3) is 8.57. The monoisotopic (exact) mass is 637 g/mol. The fourth-order valence-corrected chi connectivity index (χ4v) is 5.03. The summed E-state index contributed by atoms with van der Waals surface area (Å²) in [5, 5.41) is 3.67. The van der Waals surface area contributed by atoms with Crippen LogP contribution in [0.25, 0.3) is 0 Å². The van der Waals surface area contributed by atoms with Gasteiger partial charge in [-0.25, -0.2) is 0 Å². The molecule has 1 N–H and O–H groups in total. The van der Waals surface area contributed by atoms with Gasteiger partial charge in [-0.05, 0) is 95.0 Å². The molecular formula is C31H42Cl3N5O3. The van der Waals surface area contributed by atoms with Crippen LogP contribution in [0, 0.1) is 5.41 Å². The minimum absolute atomic E-state index is 0. The maximum Gasteiger partial charge on any atom is 0.242 e. The summed E-state index contributed by atoms with van der Waals surface area (Å²) in [5.74, 6) is 0.312. The van der Waals surface area contributed by atoms with Crippen LogP contribution in [0.3, 0.4) is 0 Å². The van der Waals surface area contributed by atoms with Gasteiger partial charge in [0.25, 0.3) is 0 Å². The first-order valence-electron chi connectivity index (χ1n) is 13.8. The van der Waals surface area contributed by atoms with Gasteiger partial charge >= 0.3 is 0 Å². The summed E-state index contributed by atoms with van der Waals surface area (Å²) in [4.78, 5) is 38.2. The van der Waals surface area contributed by atoms with Crippen molar-refractivity contribution in [1.29, 1.82) is 0 Å². The molecule has 0 fully saturated rings. The second kappa shape index (κ2) is 17.3. The lowest BCUT2D eigenvalue weighted by molar-refractivity contribution is -0.137. The summed E-state index contributed by atoms with van der Waals surface area (Å²) >= 11 is 0. The van der Waals surface area contributed by atoms with E-state index in [9.17, 15) is 9.59 Å². The van der Waals surface area contributed by atoms with Crippen LogP contribution in [-0.2, 0) is 16.0 Å². The molecule has 1 aromatic carbocycles. The van der Waals surface area contributed by atoms with Gasteiger partial charge in [-0.2, -0.15) is 0 Å². The highest BCUT2D eigenvalue weighted by Gasteiger charge is 2.45. The number of halogens is 3. The van der Waals surface area contributed by atoms with Crippen LogP contribution < -0.4 is 19.9 Å². The number of aromatic nitrogens is 2. The Morgan fingerprint density at radius 2 is 1.55 bits per heavy atom. The summed E-state index contributed by atoms with van der Waals surface area (Å²) in [6.45, 7) is 9.54. The fourth-order valence-electron chi connectivity index (χ4n) is 5.03. The van der Waals surface area contributed by atoms with Crippen molar-refractivity contribution >= 4 is 60.4 Å². The van der Waals surface area contributed by atoms with E-state index in [1.807, 2.05) is 56.7 Å². The zero-order valence-electron chi connectivity index (χ0n) is 24.6. The lowest BCUT2D eigenvalue weighted by Crippen LogP contribution is -2.48. The molecule has 4 rings (SSSR count). The number of nitrogens with zero attached hydrogens (tertiary/aromatic N) is 4. The molecular weight excluding hydrogens is 597 g/mol. The molecule has 1 aliphatic heterocycles. The highest BCUT2D eigenvalue weighted by atomic mass is 35.5. The Balaban J connectivity index is 0.00000294. The molecule has 230 valence electrons. The summed E-state index contributed by atoms with van der Waals surface area (Å²) in [6, 6.07) is 14.0. The number of benzene rings is 1. The van der Waals surface area contributed by atoms with Gasteiger partial charge in [-0.15, -0.1) is 37.2 Å². The number of hydrogen-bond donors (Lipinski definition) is 1. The Morgan fingerprint density at radius 1 is 0.881 bits per heavy atom. The van der Waals surface area contributed by atoms with Gasteiger partial charge in [-0.1, -0.05) is 6.07 Å². The molecule has 0 spiro atoms. The smallest absolute Gasteiger partial charge is 0.242 e. The van der Waals surface area contributed by atoms with Crippen LogP contribution in [0.15, 0.2) is 67.3 Å². The number of hydrogen-bond acceptors (Lipinski definition) is 6. The predicted molar refractivity (Wildman–Crippen MR) is 176 cm³/mol. The first kappa shape index (κ1) is 37.1. The number of rotatable bonds is 12. The molecule has 1 aliphatic rings. The third-order valence-electron chi connectivity index (χ3n) is 7.25. The number of carbonyl (C=O) groups is 2. The largest absolute Gasteiger partial charge is 0.493 e. The van der Waals surface area contributed by atoms with Crippen molar-refractivity contribution in [3.63, 3.8) is 0 Å². The van der Waals surface area contributed by atoms with Crippen LogP contribution in [0.5, 0.6) is 5.75 Å². The van der Waals surface area contributed by atoms with E-state index in [0.29, 0.717) is 31.1 Å². The highest BCUT2D eigenvalue weighted by molar-refractivity contribution is 6.20. The van der Waals surface area contributed by atoms with E-state index in [0.717, 1.165) is 31.5 Å². The molecule has 0 saturated heterocycles. The minimum Gasteiger partial charge on any atom is -0.493 e. The van der Waals surface area contributed by atoms with Crippen molar-refractivity contribution in [2.75, 3.05) is 36.0 Å². The number of aryl methyl sites for hydroxylation is 1. The number of ether oxygens (including phenoxy) is 1. The summed E-state index contributed by atoms with van der Waals surface area (Å²) < 4.78 is 6.11. The number of fused-ring (bicyclic) bond motifs is 1. The van der Waals surface area contributed by atoms with Gasteiger partial charge in [0.2, 0.25) is 11.8 Å². The maximum atomic E-state index is 13.3. The first-order chi connectivity index (χ1) is 18.9. The van der Waals surface area contributed by atoms with E-state index in [2.05, 4.69) is 33.5 Å². The Bertz CT molecular complexity index is 1270. The van der Waals surface area contributed by atoms with Gasteiger partial charge in [0.05, 0.1) is 18.0 Å². The molecule has 11 heteroatoms. The quantitative estimate of drug-likeness (QED) is 0.187. The van der Waals surface area contributed by atoms with Gasteiger partial charge in [0.15, 0.2) is 0 Å². The second-order valence-corrected chi connectivity index (χ2v) is 10.3. The zero-order chi connectivity index (χ0) is 27.8. The highest BCUT2D eigenvalue weighted by Crippen LogP contribution is 2.40. The van der Waals surface area contributed by atoms with Gasteiger partial charge < -0.3 is 19.9 Å². The van der Waals surface area contributed by atoms with E-state index in [4.69, 9.17) is 4.74 Å². The number of carbonyl (C=O) groups excluding carboxylic acids is 2. The molecule has 1 unspecified atom stereocenters. The molecule has 2 amide bonds. The lowest BCUT2D eigenvalue weighted by Gasteiger charge is -2.27. The Labute approximate surface area is 267 Å². The van der Waals surface area contributed by atoms with Gasteiger partial charge in [0, 0.05) is 50.0 Å². The zero-order valence-corrected chi connectivity index (χ0v) is 27.1. The Kier molecular flexibility index (Phi) is 15.3. The average Bonchev–Trinajstić information content (AvgIpc) is 3.02. The van der Waals surface area contributed by atoms with E-state index >= 15 is 0 Å². The van der Waals surface area contributed by atoms with Crippen molar-refractivity contribution in [2.45, 2.75) is 53.0 Å². The van der Waals surface area contributed by atoms with Crippen molar-refractivity contribution in [1.82, 2.24) is 15.3 Å². The van der Waals surface area contributed by atoms with Crippen molar-refractivity contribution in [3.8, 4) is 5.75 Å². The molecule has 42 heavy (non-hydrogen) atoms. The third-order valence-corrected chi connectivity index (χ3v) is 7.25. The second-order valence-electron chi connectivity index (χ2n) is 10.3. The fraction of sp³-hybridized carbons (Fsp3) is 0.419. The normalized spacial score (nSPS) is 14.5. The Morgan fingerprint density at radius 3 is 2.17 bits per heavy atom. The number of amides is 2. The van der Waals surface area contributed by atoms with E-state index in [-0.39, 0.29) is 55.1 Å². The van der Waals surface area contributed by atoms with Crippen LogP contribution in [-0.4, -0.2) is 48.0 Å². The molecule has 0 radical (unpaired) electrons. The lowest BCUT2D eigenvalue weighted by atomic mass is 9.90. The SMILES string of the molecule is CCN1C(=O)C(C)(C)C(=O)N(CC)c2cc(OCCCNC(CCc3cccnc3)c3ccncc3)ccc21.Cl.Cl.Cl. The van der Waals surface area contributed by atoms with Gasteiger partial charge in [0.1, 0.15) is 11.2 Å². The van der Waals surface area contributed by atoms with Crippen LogP contribution in [0.2, 0.25) is 0 Å². The molecule has 8 nitrogen and oxygen atoms in total. The molecule has 1 atom stereocenters. The van der Waals surface area contributed by atoms with Crippen LogP contribution in [0.1, 0.15) is 57.7 Å². The van der Waals surface area contributed by atoms with Gasteiger partial charge in [-0.3, -0.25) is 19.6 Å². The summed E-state index contributed by atoms with van der Waals surface area (Å²) in [7, 11) is 0. The maximum absolute atomic E-state index is 13.3. The predicted octanol–water partition coefficient (Wildman–Crippen LogP) is 6.22. The average molecular weight is 639 g/mol. The van der Waals surface area contributed by atoms with E-state index < -0.39 is 5.41 Å². The summed E-state index contributed by atoms with van der Waals surface area (Å²) in [5.41, 5.74) is 2.76. The first-order valence-corrected chi connectivity index (χ1v) is 13.8. The van der Waals surface area contributed by atoms with E-state index in [1.165, 1.54) is 11.1 Å². The molecule has 2 aromatic heterocycles. The van der Waals surface area contributed by atoms with Crippen molar-refractivity contribution in [2.24, 2.45) is 5.41 Å². The Hall–Kier alpha value is -2.91. The summed E-state index contributed by atoms with van der Waals surface area (Å²) in [6.07, 6.45) is 10.1. The number of nitrogens with one attached hydrogen (secondary N) is 1. The molecule has 0 aliphatic carbocycles.